The second-order valence-corrected chi connectivity index (χ2v) is 5.44. The van der Waals surface area contributed by atoms with E-state index < -0.39 is 0 Å². The Hall–Kier alpha value is -1.26. The molecule has 0 amide bonds. The number of hydrogen-bond acceptors (Lipinski definition) is 4. The van der Waals surface area contributed by atoms with Crippen molar-refractivity contribution >= 4 is 5.69 Å². The number of ether oxygens (including phenoxy) is 2. The standard InChI is InChI=1S/C15H22N2O2/c1-18-12-5-6-13(16)11(9-12)10-17-7-8-19-15-4-2-3-14(15)17/h5-6,9,14-15H,2-4,7-8,10,16H2,1H3. The van der Waals surface area contributed by atoms with Crippen molar-refractivity contribution in [3.05, 3.63) is 23.8 Å². The Morgan fingerprint density at radius 2 is 2.32 bits per heavy atom. The lowest BCUT2D eigenvalue weighted by Gasteiger charge is -2.37. The van der Waals surface area contributed by atoms with Crippen LogP contribution in [0.2, 0.25) is 0 Å². The molecule has 0 aromatic heterocycles. The third-order valence-electron chi connectivity index (χ3n) is 4.32. The SMILES string of the molecule is COc1ccc(N)c(CN2CCOC3CCCC32)c1. The molecule has 2 unspecified atom stereocenters. The molecule has 1 aromatic rings. The fourth-order valence-electron chi connectivity index (χ4n) is 3.27. The fraction of sp³-hybridized carbons (Fsp3) is 0.600. The highest BCUT2D eigenvalue weighted by atomic mass is 16.5. The summed E-state index contributed by atoms with van der Waals surface area (Å²) in [5.41, 5.74) is 8.09. The van der Waals surface area contributed by atoms with Crippen LogP contribution in [0, 0.1) is 0 Å². The van der Waals surface area contributed by atoms with Crippen molar-refractivity contribution in [3.8, 4) is 5.75 Å². The van der Waals surface area contributed by atoms with E-state index in [9.17, 15) is 0 Å². The molecule has 104 valence electrons. The van der Waals surface area contributed by atoms with Gasteiger partial charge in [0.05, 0.1) is 19.8 Å². The molecule has 0 radical (unpaired) electrons. The summed E-state index contributed by atoms with van der Waals surface area (Å²) in [6, 6.07) is 6.46. The van der Waals surface area contributed by atoms with Crippen LogP contribution in [0.5, 0.6) is 5.75 Å². The number of anilines is 1. The molecule has 2 fully saturated rings. The van der Waals surface area contributed by atoms with Crippen LogP contribution in [0.4, 0.5) is 5.69 Å². The fourth-order valence-corrected chi connectivity index (χ4v) is 3.27. The summed E-state index contributed by atoms with van der Waals surface area (Å²) in [5.74, 6) is 0.875. The van der Waals surface area contributed by atoms with Crippen molar-refractivity contribution in [3.63, 3.8) is 0 Å². The molecule has 1 aliphatic heterocycles. The molecule has 4 nitrogen and oxygen atoms in total. The highest BCUT2D eigenvalue weighted by molar-refractivity contribution is 5.50. The van der Waals surface area contributed by atoms with E-state index in [-0.39, 0.29) is 0 Å². The molecule has 2 atom stereocenters. The van der Waals surface area contributed by atoms with Gasteiger partial charge < -0.3 is 15.2 Å². The molecule has 0 bridgehead atoms. The predicted molar refractivity (Wildman–Crippen MR) is 75.2 cm³/mol. The van der Waals surface area contributed by atoms with E-state index in [2.05, 4.69) is 11.0 Å². The number of methoxy groups -OCH3 is 1. The summed E-state index contributed by atoms with van der Waals surface area (Å²) < 4.78 is 11.1. The van der Waals surface area contributed by atoms with Gasteiger partial charge in [-0.3, -0.25) is 4.90 Å². The zero-order valence-electron chi connectivity index (χ0n) is 11.5. The van der Waals surface area contributed by atoms with Gasteiger partial charge in [-0.05, 0) is 43.0 Å². The third kappa shape index (κ3) is 2.55. The molecule has 2 aliphatic rings. The minimum atomic E-state index is 0.431. The highest BCUT2D eigenvalue weighted by Gasteiger charge is 2.35. The van der Waals surface area contributed by atoms with Crippen molar-refractivity contribution < 1.29 is 9.47 Å². The molecular weight excluding hydrogens is 240 g/mol. The molecular formula is C15H22N2O2. The largest absolute Gasteiger partial charge is 0.497 e. The van der Waals surface area contributed by atoms with E-state index in [0.29, 0.717) is 12.1 Å². The maximum Gasteiger partial charge on any atom is 0.119 e. The molecule has 1 aromatic carbocycles. The van der Waals surface area contributed by atoms with Gasteiger partial charge >= 0.3 is 0 Å². The summed E-state index contributed by atoms with van der Waals surface area (Å²) in [4.78, 5) is 2.52. The van der Waals surface area contributed by atoms with Crippen LogP contribution in [0.25, 0.3) is 0 Å². The van der Waals surface area contributed by atoms with Gasteiger partial charge in [0.2, 0.25) is 0 Å². The Bertz CT molecular complexity index is 450. The van der Waals surface area contributed by atoms with Crippen molar-refractivity contribution in [2.24, 2.45) is 0 Å². The monoisotopic (exact) mass is 262 g/mol. The van der Waals surface area contributed by atoms with Crippen LogP contribution in [-0.4, -0.2) is 37.3 Å². The maximum atomic E-state index is 6.09. The van der Waals surface area contributed by atoms with E-state index in [1.165, 1.54) is 19.3 Å². The smallest absolute Gasteiger partial charge is 0.119 e. The maximum absolute atomic E-state index is 6.09. The van der Waals surface area contributed by atoms with E-state index in [1.807, 2.05) is 12.1 Å². The zero-order valence-corrected chi connectivity index (χ0v) is 11.5. The Morgan fingerprint density at radius 1 is 1.42 bits per heavy atom. The summed E-state index contributed by atoms with van der Waals surface area (Å²) in [7, 11) is 1.69. The van der Waals surface area contributed by atoms with E-state index in [4.69, 9.17) is 15.2 Å². The summed E-state index contributed by atoms with van der Waals surface area (Å²) in [6.45, 7) is 2.73. The molecule has 19 heavy (non-hydrogen) atoms. The van der Waals surface area contributed by atoms with Crippen LogP contribution in [0.15, 0.2) is 18.2 Å². The van der Waals surface area contributed by atoms with Gasteiger partial charge in [0, 0.05) is 24.8 Å². The molecule has 1 saturated heterocycles. The van der Waals surface area contributed by atoms with Crippen LogP contribution >= 0.6 is 0 Å². The quantitative estimate of drug-likeness (QED) is 0.847. The van der Waals surface area contributed by atoms with E-state index in [1.54, 1.807) is 7.11 Å². The number of fused-ring (bicyclic) bond motifs is 1. The topological polar surface area (TPSA) is 47.7 Å². The number of hydrogen-bond donors (Lipinski definition) is 1. The van der Waals surface area contributed by atoms with Crippen molar-refractivity contribution in [1.29, 1.82) is 0 Å². The van der Waals surface area contributed by atoms with Crippen molar-refractivity contribution in [2.75, 3.05) is 26.0 Å². The Kier molecular flexibility index (Phi) is 3.62. The molecule has 1 heterocycles. The number of rotatable bonds is 3. The summed E-state index contributed by atoms with van der Waals surface area (Å²) >= 11 is 0. The molecule has 1 aliphatic carbocycles. The lowest BCUT2D eigenvalue weighted by molar-refractivity contribution is -0.0587. The summed E-state index contributed by atoms with van der Waals surface area (Å²) in [5, 5.41) is 0. The lowest BCUT2D eigenvalue weighted by atomic mass is 10.1. The number of nitrogens with zero attached hydrogens (tertiary/aromatic N) is 1. The van der Waals surface area contributed by atoms with Crippen LogP contribution in [-0.2, 0) is 11.3 Å². The number of nitrogen functional groups attached to an aromatic ring is 1. The third-order valence-corrected chi connectivity index (χ3v) is 4.32. The molecule has 2 N–H and O–H groups in total. The van der Waals surface area contributed by atoms with Crippen LogP contribution < -0.4 is 10.5 Å². The minimum absolute atomic E-state index is 0.431. The average Bonchev–Trinajstić information content (AvgIpc) is 2.90. The van der Waals surface area contributed by atoms with Gasteiger partial charge in [-0.1, -0.05) is 0 Å². The number of benzene rings is 1. The Morgan fingerprint density at radius 3 is 3.16 bits per heavy atom. The van der Waals surface area contributed by atoms with Crippen molar-refractivity contribution in [2.45, 2.75) is 38.0 Å². The number of nitrogens with two attached hydrogens (primary N) is 1. The average molecular weight is 262 g/mol. The van der Waals surface area contributed by atoms with Gasteiger partial charge in [-0.15, -0.1) is 0 Å². The van der Waals surface area contributed by atoms with Gasteiger partial charge in [0.1, 0.15) is 5.75 Å². The normalized spacial score (nSPS) is 27.2. The Balaban J connectivity index is 1.76. The van der Waals surface area contributed by atoms with Gasteiger partial charge in [-0.25, -0.2) is 0 Å². The molecule has 3 rings (SSSR count). The molecule has 0 spiro atoms. The van der Waals surface area contributed by atoms with E-state index in [0.717, 1.165) is 36.7 Å². The second-order valence-electron chi connectivity index (χ2n) is 5.44. The van der Waals surface area contributed by atoms with Gasteiger partial charge in [0.25, 0.3) is 0 Å². The summed E-state index contributed by atoms with van der Waals surface area (Å²) in [6.07, 6.45) is 4.16. The van der Waals surface area contributed by atoms with Gasteiger partial charge in [0.15, 0.2) is 0 Å². The first kappa shape index (κ1) is 12.8. The minimum Gasteiger partial charge on any atom is -0.497 e. The second kappa shape index (κ2) is 5.39. The van der Waals surface area contributed by atoms with Crippen LogP contribution in [0.1, 0.15) is 24.8 Å². The zero-order chi connectivity index (χ0) is 13.2. The predicted octanol–water partition coefficient (Wildman–Crippen LogP) is 2.03. The molecule has 1 saturated carbocycles. The first-order valence-electron chi connectivity index (χ1n) is 7.06. The molecule has 4 heteroatoms. The Labute approximate surface area is 114 Å². The van der Waals surface area contributed by atoms with Gasteiger partial charge in [-0.2, -0.15) is 0 Å². The van der Waals surface area contributed by atoms with Crippen LogP contribution in [0.3, 0.4) is 0 Å². The highest BCUT2D eigenvalue weighted by Crippen LogP contribution is 2.31. The first-order chi connectivity index (χ1) is 9.28. The number of morpholine rings is 1. The lowest BCUT2D eigenvalue weighted by Crippen LogP contribution is -2.47. The van der Waals surface area contributed by atoms with E-state index >= 15 is 0 Å². The van der Waals surface area contributed by atoms with Crippen molar-refractivity contribution in [1.82, 2.24) is 4.90 Å². The first-order valence-corrected chi connectivity index (χ1v) is 7.06.